The van der Waals surface area contributed by atoms with Crippen LogP contribution >= 0.6 is 0 Å². The third-order valence-corrected chi connectivity index (χ3v) is 3.69. The fraction of sp³-hybridized carbons (Fsp3) is 0.273. The molecule has 0 radical (unpaired) electrons. The molecule has 0 bridgehead atoms. The first-order valence-corrected chi connectivity index (χ1v) is 8.71. The molecule has 6 heteroatoms. The van der Waals surface area contributed by atoms with E-state index in [2.05, 4.69) is 0 Å². The highest BCUT2D eigenvalue weighted by Crippen LogP contribution is 2.19. The fourth-order valence-corrected chi connectivity index (χ4v) is 2.41. The van der Waals surface area contributed by atoms with E-state index in [9.17, 15) is 14.0 Å². The number of halogens is 1. The first-order chi connectivity index (χ1) is 13.0. The lowest BCUT2D eigenvalue weighted by atomic mass is 10.0. The molecule has 2 aromatic carbocycles. The van der Waals surface area contributed by atoms with Crippen molar-refractivity contribution in [1.29, 1.82) is 0 Å². The van der Waals surface area contributed by atoms with Crippen molar-refractivity contribution in [2.45, 2.75) is 33.3 Å². The maximum Gasteiger partial charge on any atom is 0.338 e. The first-order valence-electron chi connectivity index (χ1n) is 8.71. The normalized spacial score (nSPS) is 11.8. The fourth-order valence-electron chi connectivity index (χ4n) is 2.41. The number of carbonyl (C=O) groups excluding carboxylic acids is 1. The monoisotopic (exact) mass is 386 g/mol. The summed E-state index contributed by atoms with van der Waals surface area (Å²) in [5.41, 5.74) is 0.977. The molecule has 0 aliphatic heterocycles. The summed E-state index contributed by atoms with van der Waals surface area (Å²) in [6.07, 6.45) is 1.59. The van der Waals surface area contributed by atoms with Gasteiger partial charge in [-0.1, -0.05) is 12.1 Å². The van der Waals surface area contributed by atoms with E-state index < -0.39 is 17.5 Å². The molecule has 2 aromatic rings. The molecular formula is C22H23FO5. The molecule has 0 fully saturated rings. The minimum Gasteiger partial charge on any atom is -0.489 e. The average Bonchev–Trinajstić information content (AvgIpc) is 2.58. The van der Waals surface area contributed by atoms with Crippen LogP contribution < -0.4 is 4.74 Å². The Labute approximate surface area is 163 Å². The largest absolute Gasteiger partial charge is 0.489 e. The van der Waals surface area contributed by atoms with Crippen molar-refractivity contribution < 1.29 is 28.6 Å². The number of esters is 1. The zero-order chi connectivity index (χ0) is 20.9. The molecule has 0 spiro atoms. The number of ether oxygens (including phenoxy) is 2. The number of benzene rings is 2. The number of hydrogen-bond donors (Lipinski definition) is 1. The summed E-state index contributed by atoms with van der Waals surface area (Å²) in [5, 5.41) is 9.15. The van der Waals surface area contributed by atoms with Crippen LogP contribution in [0.3, 0.4) is 0 Å². The van der Waals surface area contributed by atoms with Crippen LogP contribution in [-0.4, -0.2) is 29.3 Å². The maximum atomic E-state index is 13.0. The summed E-state index contributed by atoms with van der Waals surface area (Å²) in [5.74, 6) is -1.54. The predicted molar refractivity (Wildman–Crippen MR) is 104 cm³/mol. The van der Waals surface area contributed by atoms with Gasteiger partial charge in [0.1, 0.15) is 23.8 Å². The van der Waals surface area contributed by atoms with Crippen LogP contribution in [-0.2, 0) is 9.53 Å². The van der Waals surface area contributed by atoms with E-state index in [4.69, 9.17) is 14.6 Å². The number of aromatic carboxylic acids is 1. The van der Waals surface area contributed by atoms with E-state index in [1.165, 1.54) is 30.3 Å². The van der Waals surface area contributed by atoms with Crippen molar-refractivity contribution in [3.05, 3.63) is 70.5 Å². The van der Waals surface area contributed by atoms with Gasteiger partial charge < -0.3 is 14.6 Å². The number of hydrogen-bond acceptors (Lipinski definition) is 4. The van der Waals surface area contributed by atoms with Gasteiger partial charge in [-0.2, -0.15) is 0 Å². The van der Waals surface area contributed by atoms with Gasteiger partial charge in [0.2, 0.25) is 0 Å². The molecule has 148 valence electrons. The molecule has 5 nitrogen and oxygen atoms in total. The van der Waals surface area contributed by atoms with E-state index in [0.29, 0.717) is 16.9 Å². The molecule has 0 aliphatic carbocycles. The summed E-state index contributed by atoms with van der Waals surface area (Å²) in [4.78, 5) is 23.7. The second-order valence-electron chi connectivity index (χ2n) is 7.29. The van der Waals surface area contributed by atoms with E-state index in [1.807, 2.05) is 0 Å². The summed E-state index contributed by atoms with van der Waals surface area (Å²) >= 11 is 0. The molecule has 0 unspecified atom stereocenters. The van der Waals surface area contributed by atoms with Gasteiger partial charge in [0, 0.05) is 0 Å². The number of carboxylic acid groups (broad SMARTS) is 1. The van der Waals surface area contributed by atoms with Crippen molar-refractivity contribution in [3.63, 3.8) is 0 Å². The highest BCUT2D eigenvalue weighted by Gasteiger charge is 2.21. The second-order valence-corrected chi connectivity index (χ2v) is 7.29. The smallest absolute Gasteiger partial charge is 0.338 e. The molecule has 0 saturated heterocycles. The van der Waals surface area contributed by atoms with Gasteiger partial charge in [0.25, 0.3) is 0 Å². The number of carbonyl (C=O) groups is 2. The minimum atomic E-state index is -1.01. The Morgan fingerprint density at radius 2 is 1.75 bits per heavy atom. The lowest BCUT2D eigenvalue weighted by Crippen LogP contribution is -2.26. The molecule has 28 heavy (non-hydrogen) atoms. The van der Waals surface area contributed by atoms with E-state index in [0.717, 1.165) is 0 Å². The Balaban J connectivity index is 2.29. The van der Waals surface area contributed by atoms with Crippen molar-refractivity contribution in [2.75, 3.05) is 6.61 Å². The van der Waals surface area contributed by atoms with Crippen LogP contribution in [0.1, 0.15) is 42.3 Å². The van der Waals surface area contributed by atoms with E-state index in [1.54, 1.807) is 45.9 Å². The van der Waals surface area contributed by atoms with Crippen molar-refractivity contribution >= 4 is 18.0 Å². The zero-order valence-corrected chi connectivity index (χ0v) is 16.3. The summed E-state index contributed by atoms with van der Waals surface area (Å²) in [6, 6.07) is 10.2. The number of aryl methyl sites for hydroxylation is 1. The number of rotatable bonds is 6. The van der Waals surface area contributed by atoms with Crippen molar-refractivity contribution in [1.82, 2.24) is 0 Å². The van der Waals surface area contributed by atoms with E-state index >= 15 is 0 Å². The molecule has 0 amide bonds. The molecular weight excluding hydrogens is 363 g/mol. The molecule has 0 aliphatic rings. The van der Waals surface area contributed by atoms with Crippen LogP contribution in [0.4, 0.5) is 4.39 Å². The molecule has 1 N–H and O–H groups in total. The van der Waals surface area contributed by atoms with Gasteiger partial charge in [-0.15, -0.1) is 0 Å². The Morgan fingerprint density at radius 1 is 1.11 bits per heavy atom. The van der Waals surface area contributed by atoms with Crippen LogP contribution in [0.25, 0.3) is 6.08 Å². The lowest BCUT2D eigenvalue weighted by molar-refractivity contribution is -0.150. The van der Waals surface area contributed by atoms with Gasteiger partial charge in [0.15, 0.2) is 0 Å². The van der Waals surface area contributed by atoms with E-state index in [-0.39, 0.29) is 23.6 Å². The van der Waals surface area contributed by atoms with Gasteiger partial charge in [-0.3, -0.25) is 0 Å². The topological polar surface area (TPSA) is 72.8 Å². The van der Waals surface area contributed by atoms with Crippen LogP contribution in [0.5, 0.6) is 5.75 Å². The van der Waals surface area contributed by atoms with Crippen LogP contribution in [0.2, 0.25) is 0 Å². The highest BCUT2D eigenvalue weighted by atomic mass is 19.1. The summed E-state index contributed by atoms with van der Waals surface area (Å²) < 4.78 is 24.1. The van der Waals surface area contributed by atoms with Gasteiger partial charge in [0.05, 0.1) is 11.1 Å². The second kappa shape index (κ2) is 8.69. The van der Waals surface area contributed by atoms with Gasteiger partial charge in [-0.25, -0.2) is 14.0 Å². The Bertz CT molecular complexity index is 892. The summed E-state index contributed by atoms with van der Waals surface area (Å²) in [7, 11) is 0. The number of carboxylic acids is 1. The maximum absolute atomic E-state index is 13.0. The quantitative estimate of drug-likeness (QED) is 0.579. The first kappa shape index (κ1) is 21.2. The third-order valence-electron chi connectivity index (χ3n) is 3.69. The van der Waals surface area contributed by atoms with Crippen LogP contribution in [0.15, 0.2) is 48.0 Å². The summed E-state index contributed by atoms with van der Waals surface area (Å²) in [6.45, 7) is 6.88. The Morgan fingerprint density at radius 3 is 2.29 bits per heavy atom. The standard InChI is InChI=1S/C22H23FO5/c1-14-11-15(5-10-19(14)20(24)25)12-16(21(26)28-22(2,3)4)13-27-18-8-6-17(23)7-9-18/h5-12H,13H2,1-4H3,(H,24,25). The molecule has 0 saturated carbocycles. The third kappa shape index (κ3) is 6.23. The van der Waals surface area contributed by atoms with Crippen molar-refractivity contribution in [3.8, 4) is 5.75 Å². The Hall–Kier alpha value is -3.15. The minimum absolute atomic E-state index is 0.0831. The SMILES string of the molecule is Cc1cc(C=C(COc2ccc(F)cc2)C(=O)OC(C)(C)C)ccc1C(=O)O. The predicted octanol–water partition coefficient (Wildman–Crippen LogP) is 4.64. The zero-order valence-electron chi connectivity index (χ0n) is 16.3. The molecule has 0 atom stereocenters. The average molecular weight is 386 g/mol. The van der Waals surface area contributed by atoms with Gasteiger partial charge in [-0.05, 0) is 75.2 Å². The Kier molecular flexibility index (Phi) is 6.57. The van der Waals surface area contributed by atoms with Crippen LogP contribution in [0, 0.1) is 12.7 Å². The molecule has 0 aromatic heterocycles. The van der Waals surface area contributed by atoms with Gasteiger partial charge >= 0.3 is 11.9 Å². The lowest BCUT2D eigenvalue weighted by Gasteiger charge is -2.21. The molecule has 0 heterocycles. The highest BCUT2D eigenvalue weighted by molar-refractivity contribution is 5.95. The molecule has 2 rings (SSSR count). The van der Waals surface area contributed by atoms with Crippen molar-refractivity contribution in [2.24, 2.45) is 0 Å².